The Hall–Kier alpha value is -1.51. The van der Waals surface area contributed by atoms with Gasteiger partial charge in [0.05, 0.1) is 11.4 Å². The molecule has 2 aliphatic rings. The monoisotopic (exact) mass is 202 g/mol. The van der Waals surface area contributed by atoms with Crippen LogP contribution in [-0.2, 0) is 4.79 Å². The third-order valence-electron chi connectivity index (χ3n) is 3.29. The van der Waals surface area contributed by atoms with Gasteiger partial charge >= 0.3 is 0 Å². The maximum absolute atomic E-state index is 11.7. The number of hydrogen-bond donors (Lipinski definition) is 1. The van der Waals surface area contributed by atoms with Gasteiger partial charge in [0.1, 0.15) is 0 Å². The van der Waals surface area contributed by atoms with Crippen LogP contribution in [-0.4, -0.2) is 18.5 Å². The van der Waals surface area contributed by atoms with Gasteiger partial charge in [0.25, 0.3) is 0 Å². The Morgan fingerprint density at radius 3 is 3.13 bits per heavy atom. The normalized spacial score (nSPS) is 24.1. The highest BCUT2D eigenvalue weighted by molar-refractivity contribution is 5.96. The van der Waals surface area contributed by atoms with Crippen molar-refractivity contribution in [2.24, 2.45) is 0 Å². The molecule has 15 heavy (non-hydrogen) atoms. The molecular formula is C12H14N2O. The third kappa shape index (κ3) is 1.39. The molecule has 0 radical (unpaired) electrons. The number of para-hydroxylation sites is 2. The van der Waals surface area contributed by atoms with E-state index in [4.69, 9.17) is 0 Å². The predicted octanol–water partition coefficient (Wildman–Crippen LogP) is 2.00. The molecule has 3 nitrogen and oxygen atoms in total. The van der Waals surface area contributed by atoms with E-state index in [-0.39, 0.29) is 5.91 Å². The van der Waals surface area contributed by atoms with Crippen molar-refractivity contribution < 1.29 is 4.79 Å². The van der Waals surface area contributed by atoms with Crippen LogP contribution in [0.4, 0.5) is 11.4 Å². The van der Waals surface area contributed by atoms with E-state index >= 15 is 0 Å². The van der Waals surface area contributed by atoms with Crippen LogP contribution in [0.15, 0.2) is 24.3 Å². The first-order valence-corrected chi connectivity index (χ1v) is 5.50. The summed E-state index contributed by atoms with van der Waals surface area (Å²) in [6.07, 6.45) is 2.97. The molecule has 78 valence electrons. The van der Waals surface area contributed by atoms with Crippen molar-refractivity contribution in [1.29, 1.82) is 0 Å². The SMILES string of the molecule is O=C1C[C@@H]2CCCN2c2ccccc2N1. The Kier molecular flexibility index (Phi) is 1.91. The predicted molar refractivity (Wildman–Crippen MR) is 60.1 cm³/mol. The Balaban J connectivity index is 2.08. The van der Waals surface area contributed by atoms with Crippen LogP contribution in [0, 0.1) is 0 Å². The zero-order valence-electron chi connectivity index (χ0n) is 8.57. The maximum atomic E-state index is 11.7. The molecule has 1 fully saturated rings. The Morgan fingerprint density at radius 1 is 1.33 bits per heavy atom. The summed E-state index contributed by atoms with van der Waals surface area (Å²) >= 11 is 0. The molecule has 1 aromatic carbocycles. The summed E-state index contributed by atoms with van der Waals surface area (Å²) in [5.41, 5.74) is 2.15. The number of carbonyl (C=O) groups is 1. The van der Waals surface area contributed by atoms with Gasteiger partial charge in [-0.3, -0.25) is 4.79 Å². The standard InChI is InChI=1S/C12H14N2O/c15-12-8-9-4-3-7-14(9)11-6-2-1-5-10(11)13-12/h1-2,5-6,9H,3-4,7-8H2,(H,13,15)/t9-/m0/s1. The molecule has 2 aliphatic heterocycles. The lowest BCUT2D eigenvalue weighted by atomic mass is 10.1. The maximum Gasteiger partial charge on any atom is 0.226 e. The highest BCUT2D eigenvalue weighted by Gasteiger charge is 2.31. The molecule has 0 spiro atoms. The Morgan fingerprint density at radius 2 is 2.20 bits per heavy atom. The van der Waals surface area contributed by atoms with Crippen LogP contribution in [0.5, 0.6) is 0 Å². The van der Waals surface area contributed by atoms with Crippen molar-refractivity contribution in [3.05, 3.63) is 24.3 Å². The molecule has 0 bridgehead atoms. The van der Waals surface area contributed by atoms with Crippen LogP contribution in [0.1, 0.15) is 19.3 Å². The van der Waals surface area contributed by atoms with Crippen LogP contribution >= 0.6 is 0 Å². The molecule has 3 rings (SSSR count). The van der Waals surface area contributed by atoms with E-state index in [1.54, 1.807) is 0 Å². The molecule has 1 aromatic rings. The molecule has 3 heteroatoms. The van der Waals surface area contributed by atoms with E-state index in [0.29, 0.717) is 12.5 Å². The van der Waals surface area contributed by atoms with Crippen molar-refractivity contribution in [3.63, 3.8) is 0 Å². The smallest absolute Gasteiger partial charge is 0.226 e. The number of benzene rings is 1. The number of anilines is 2. The average molecular weight is 202 g/mol. The molecule has 0 aromatic heterocycles. The molecule has 0 aliphatic carbocycles. The summed E-state index contributed by atoms with van der Waals surface area (Å²) in [5.74, 6) is 0.150. The van der Waals surface area contributed by atoms with Gasteiger partial charge in [0, 0.05) is 19.0 Å². The zero-order chi connectivity index (χ0) is 10.3. The average Bonchev–Trinajstić information content (AvgIpc) is 2.62. The number of nitrogens with one attached hydrogen (secondary N) is 1. The molecule has 0 saturated carbocycles. The lowest BCUT2D eigenvalue weighted by molar-refractivity contribution is -0.116. The second kappa shape index (κ2) is 3.26. The van der Waals surface area contributed by atoms with E-state index in [0.717, 1.165) is 18.7 Å². The van der Waals surface area contributed by atoms with Gasteiger partial charge in [-0.1, -0.05) is 12.1 Å². The van der Waals surface area contributed by atoms with Gasteiger partial charge < -0.3 is 10.2 Å². The number of rotatable bonds is 0. The number of amides is 1. The summed E-state index contributed by atoms with van der Waals surface area (Å²) in [7, 11) is 0. The van der Waals surface area contributed by atoms with Crippen molar-refractivity contribution in [1.82, 2.24) is 0 Å². The Bertz CT molecular complexity index is 402. The molecule has 2 heterocycles. The number of hydrogen-bond acceptors (Lipinski definition) is 2. The van der Waals surface area contributed by atoms with Gasteiger partial charge in [-0.15, -0.1) is 0 Å². The molecule has 1 saturated heterocycles. The molecule has 1 amide bonds. The second-order valence-corrected chi connectivity index (χ2v) is 4.26. The van der Waals surface area contributed by atoms with E-state index in [1.807, 2.05) is 18.2 Å². The summed E-state index contributed by atoms with van der Waals surface area (Å²) in [6.45, 7) is 1.08. The fraction of sp³-hybridized carbons (Fsp3) is 0.417. The number of fused-ring (bicyclic) bond motifs is 3. The van der Waals surface area contributed by atoms with Crippen LogP contribution in [0.3, 0.4) is 0 Å². The minimum Gasteiger partial charge on any atom is -0.366 e. The highest BCUT2D eigenvalue weighted by Crippen LogP contribution is 2.35. The van der Waals surface area contributed by atoms with Gasteiger partial charge in [0.15, 0.2) is 0 Å². The van der Waals surface area contributed by atoms with Crippen molar-refractivity contribution in [2.45, 2.75) is 25.3 Å². The molecule has 1 atom stereocenters. The van der Waals surface area contributed by atoms with Crippen molar-refractivity contribution >= 4 is 17.3 Å². The Labute approximate surface area is 89.1 Å². The van der Waals surface area contributed by atoms with Crippen LogP contribution in [0.2, 0.25) is 0 Å². The summed E-state index contributed by atoms with van der Waals surface area (Å²) in [5, 5.41) is 2.97. The summed E-state index contributed by atoms with van der Waals surface area (Å²) < 4.78 is 0. The van der Waals surface area contributed by atoms with Crippen molar-refractivity contribution in [2.75, 3.05) is 16.8 Å². The van der Waals surface area contributed by atoms with Gasteiger partial charge in [-0.2, -0.15) is 0 Å². The van der Waals surface area contributed by atoms with Crippen molar-refractivity contribution in [3.8, 4) is 0 Å². The van der Waals surface area contributed by atoms with Gasteiger partial charge in [-0.05, 0) is 25.0 Å². The largest absolute Gasteiger partial charge is 0.366 e. The minimum absolute atomic E-state index is 0.150. The highest BCUT2D eigenvalue weighted by atomic mass is 16.1. The lowest BCUT2D eigenvalue weighted by Crippen LogP contribution is -2.29. The van der Waals surface area contributed by atoms with E-state index < -0.39 is 0 Å². The first kappa shape index (κ1) is 8.77. The van der Waals surface area contributed by atoms with E-state index in [2.05, 4.69) is 16.3 Å². The molecule has 0 unspecified atom stereocenters. The number of nitrogens with zero attached hydrogens (tertiary/aromatic N) is 1. The fourth-order valence-corrected chi connectivity index (χ4v) is 2.61. The second-order valence-electron chi connectivity index (χ2n) is 4.26. The molecule has 1 N–H and O–H groups in total. The number of carbonyl (C=O) groups excluding carboxylic acids is 1. The summed E-state index contributed by atoms with van der Waals surface area (Å²) in [6, 6.07) is 8.49. The van der Waals surface area contributed by atoms with E-state index in [9.17, 15) is 4.79 Å². The quantitative estimate of drug-likeness (QED) is 0.697. The third-order valence-corrected chi connectivity index (χ3v) is 3.29. The fourth-order valence-electron chi connectivity index (χ4n) is 2.61. The minimum atomic E-state index is 0.150. The van der Waals surface area contributed by atoms with Gasteiger partial charge in [0.2, 0.25) is 5.91 Å². The topological polar surface area (TPSA) is 32.3 Å². The summed E-state index contributed by atoms with van der Waals surface area (Å²) in [4.78, 5) is 14.0. The first-order valence-electron chi connectivity index (χ1n) is 5.50. The van der Waals surface area contributed by atoms with Crippen LogP contribution < -0.4 is 10.2 Å². The van der Waals surface area contributed by atoms with E-state index in [1.165, 1.54) is 12.1 Å². The lowest BCUT2D eigenvalue weighted by Gasteiger charge is -2.24. The van der Waals surface area contributed by atoms with Crippen LogP contribution in [0.25, 0.3) is 0 Å². The first-order chi connectivity index (χ1) is 7.34. The molecular weight excluding hydrogens is 188 g/mol. The zero-order valence-corrected chi connectivity index (χ0v) is 8.57. The van der Waals surface area contributed by atoms with Gasteiger partial charge in [-0.25, -0.2) is 0 Å².